The van der Waals surface area contributed by atoms with Crippen LogP contribution in [0.15, 0.2) is 24.3 Å². The molecule has 4 saturated carbocycles. The maximum Gasteiger partial charge on any atom is 0.166 e. The number of rotatable bonds is 4. The number of ether oxygens (including phenoxy) is 1. The maximum atomic E-state index is 13.6. The van der Waals surface area contributed by atoms with Crippen LogP contribution in [0.25, 0.3) is 0 Å². The van der Waals surface area contributed by atoms with Crippen LogP contribution >= 0.6 is 0 Å². The number of fused-ring (bicyclic) bond motifs is 5. The Labute approximate surface area is 189 Å². The summed E-state index contributed by atoms with van der Waals surface area (Å²) in [6.07, 6.45) is 11.8. The molecule has 0 N–H and O–H groups in total. The summed E-state index contributed by atoms with van der Waals surface area (Å²) in [5.41, 5.74) is 2.76. The van der Waals surface area contributed by atoms with Crippen molar-refractivity contribution in [2.24, 2.45) is 46.3 Å². The quantitative estimate of drug-likeness (QED) is 0.484. The lowest BCUT2D eigenvalue weighted by Gasteiger charge is -2.61. The van der Waals surface area contributed by atoms with Gasteiger partial charge in [-0.3, -0.25) is 4.79 Å². The molecular formula is C29H42O2. The molecule has 8 atom stereocenters. The molecular weight excluding hydrogens is 380 g/mol. The third-order valence-electron chi connectivity index (χ3n) is 10.7. The normalized spacial score (nSPS) is 44.3. The van der Waals surface area contributed by atoms with Gasteiger partial charge in [-0.2, -0.15) is 0 Å². The van der Waals surface area contributed by atoms with Crippen molar-refractivity contribution in [3.05, 3.63) is 35.4 Å². The summed E-state index contributed by atoms with van der Waals surface area (Å²) >= 11 is 0. The second-order valence-electron chi connectivity index (χ2n) is 12.1. The van der Waals surface area contributed by atoms with E-state index in [-0.39, 0.29) is 11.3 Å². The van der Waals surface area contributed by atoms with Crippen molar-refractivity contribution in [2.45, 2.75) is 78.6 Å². The zero-order chi connectivity index (χ0) is 21.8. The van der Waals surface area contributed by atoms with Crippen LogP contribution in [0.2, 0.25) is 0 Å². The van der Waals surface area contributed by atoms with E-state index in [2.05, 4.69) is 45.0 Å². The number of methoxy groups -OCH3 is 1. The lowest BCUT2D eigenvalue weighted by Crippen LogP contribution is -2.56. The Hall–Kier alpha value is -1.15. The summed E-state index contributed by atoms with van der Waals surface area (Å²) in [5, 5.41) is 0. The molecule has 31 heavy (non-hydrogen) atoms. The number of hydrogen-bond donors (Lipinski definition) is 0. The molecule has 1 aromatic rings. The van der Waals surface area contributed by atoms with Crippen molar-refractivity contribution < 1.29 is 9.53 Å². The molecule has 0 saturated heterocycles. The zero-order valence-electron chi connectivity index (χ0n) is 20.2. The minimum absolute atomic E-state index is 0.187. The van der Waals surface area contributed by atoms with Gasteiger partial charge in [0.05, 0.1) is 6.61 Å². The average molecular weight is 423 g/mol. The molecule has 5 rings (SSSR count). The first-order chi connectivity index (χ1) is 14.9. The van der Waals surface area contributed by atoms with Crippen LogP contribution in [0.5, 0.6) is 0 Å². The van der Waals surface area contributed by atoms with Crippen LogP contribution in [0.1, 0.15) is 87.6 Å². The molecule has 0 bridgehead atoms. The fourth-order valence-corrected chi connectivity index (χ4v) is 9.16. The van der Waals surface area contributed by atoms with E-state index in [1.54, 1.807) is 0 Å². The topological polar surface area (TPSA) is 26.3 Å². The van der Waals surface area contributed by atoms with E-state index >= 15 is 0 Å². The van der Waals surface area contributed by atoms with Crippen molar-refractivity contribution in [3.63, 3.8) is 0 Å². The van der Waals surface area contributed by atoms with E-state index in [0.717, 1.165) is 48.2 Å². The Morgan fingerprint density at radius 1 is 1.00 bits per heavy atom. The molecule has 8 unspecified atom stereocenters. The highest BCUT2D eigenvalue weighted by Gasteiger charge is 2.62. The minimum Gasteiger partial charge on any atom is -0.384 e. The second kappa shape index (κ2) is 8.01. The SMILES string of the molecule is COCC12CCC(C)CC1CCC1C3CCC(C(=O)c4ccc(C)cc4)C3(C)CCC12. The predicted octanol–water partition coefficient (Wildman–Crippen LogP) is 7.10. The zero-order valence-corrected chi connectivity index (χ0v) is 20.2. The third kappa shape index (κ3) is 3.35. The molecule has 0 spiro atoms. The van der Waals surface area contributed by atoms with E-state index in [4.69, 9.17) is 4.74 Å². The van der Waals surface area contributed by atoms with Gasteiger partial charge >= 0.3 is 0 Å². The summed E-state index contributed by atoms with van der Waals surface area (Å²) < 4.78 is 5.93. The molecule has 0 aromatic heterocycles. The molecule has 2 nitrogen and oxygen atoms in total. The number of ketones is 1. The van der Waals surface area contributed by atoms with Crippen molar-refractivity contribution in [1.29, 1.82) is 0 Å². The molecule has 0 aliphatic heterocycles. The van der Waals surface area contributed by atoms with E-state index in [1.807, 2.05) is 7.11 Å². The standard InChI is InChI=1S/C29H42O2/c1-19-5-7-21(8-6-19)27(30)26-12-11-24-23-10-9-22-17-20(2)13-16-29(22,18-31-4)25(23)14-15-28(24,26)3/h5-8,20,22-26H,9-18H2,1-4H3. The van der Waals surface area contributed by atoms with E-state index in [1.165, 1.54) is 56.9 Å². The first kappa shape index (κ1) is 21.7. The lowest BCUT2D eigenvalue weighted by molar-refractivity contribution is -0.148. The number of carbonyl (C=O) groups excluding carboxylic acids is 1. The van der Waals surface area contributed by atoms with Crippen molar-refractivity contribution in [1.82, 2.24) is 0 Å². The first-order valence-electron chi connectivity index (χ1n) is 13.0. The van der Waals surface area contributed by atoms with Gasteiger partial charge in [-0.05, 0) is 98.7 Å². The Balaban J connectivity index is 1.41. The van der Waals surface area contributed by atoms with E-state index in [9.17, 15) is 4.79 Å². The van der Waals surface area contributed by atoms with Crippen LogP contribution in [0.3, 0.4) is 0 Å². The third-order valence-corrected chi connectivity index (χ3v) is 10.7. The molecule has 1 aromatic carbocycles. The highest BCUT2D eigenvalue weighted by molar-refractivity contribution is 5.98. The number of benzene rings is 1. The Morgan fingerprint density at radius 3 is 2.52 bits per heavy atom. The van der Waals surface area contributed by atoms with Crippen molar-refractivity contribution in [2.75, 3.05) is 13.7 Å². The molecule has 2 heteroatoms. The Bertz CT molecular complexity index is 813. The molecule has 170 valence electrons. The van der Waals surface area contributed by atoms with Gasteiger partial charge in [0, 0.05) is 18.6 Å². The molecule has 0 radical (unpaired) electrons. The highest BCUT2D eigenvalue weighted by atomic mass is 16.5. The monoisotopic (exact) mass is 422 g/mol. The number of carbonyl (C=O) groups is 1. The van der Waals surface area contributed by atoms with Gasteiger partial charge in [0.15, 0.2) is 5.78 Å². The van der Waals surface area contributed by atoms with Gasteiger partial charge in [0.1, 0.15) is 0 Å². The van der Waals surface area contributed by atoms with E-state index in [0.29, 0.717) is 11.2 Å². The fraction of sp³-hybridized carbons (Fsp3) is 0.759. The Morgan fingerprint density at radius 2 is 1.77 bits per heavy atom. The summed E-state index contributed by atoms with van der Waals surface area (Å²) in [4.78, 5) is 13.6. The smallest absolute Gasteiger partial charge is 0.166 e. The van der Waals surface area contributed by atoms with Crippen LogP contribution < -0.4 is 0 Å². The summed E-state index contributed by atoms with van der Waals surface area (Å²) in [5.74, 6) is 4.69. The van der Waals surface area contributed by atoms with E-state index < -0.39 is 0 Å². The van der Waals surface area contributed by atoms with Gasteiger partial charge in [-0.25, -0.2) is 0 Å². The fourth-order valence-electron chi connectivity index (χ4n) is 9.16. The van der Waals surface area contributed by atoms with Crippen LogP contribution in [0, 0.1) is 53.3 Å². The van der Waals surface area contributed by atoms with Gasteiger partial charge < -0.3 is 4.74 Å². The molecule has 0 amide bonds. The lowest BCUT2D eigenvalue weighted by atomic mass is 9.43. The molecule has 4 aliphatic carbocycles. The number of hydrogen-bond acceptors (Lipinski definition) is 2. The van der Waals surface area contributed by atoms with Gasteiger partial charge in [-0.15, -0.1) is 0 Å². The van der Waals surface area contributed by atoms with Crippen LogP contribution in [-0.4, -0.2) is 19.5 Å². The summed E-state index contributed by atoms with van der Waals surface area (Å²) in [6, 6.07) is 8.31. The van der Waals surface area contributed by atoms with Crippen LogP contribution in [-0.2, 0) is 4.74 Å². The Kier molecular flexibility index (Phi) is 5.60. The number of aryl methyl sites for hydroxylation is 1. The highest BCUT2D eigenvalue weighted by Crippen LogP contribution is 2.68. The molecule has 4 fully saturated rings. The minimum atomic E-state index is 0.187. The van der Waals surface area contributed by atoms with Crippen molar-refractivity contribution in [3.8, 4) is 0 Å². The van der Waals surface area contributed by atoms with Crippen LogP contribution in [0.4, 0.5) is 0 Å². The molecule has 4 aliphatic rings. The van der Waals surface area contributed by atoms with Gasteiger partial charge in [-0.1, -0.05) is 50.1 Å². The van der Waals surface area contributed by atoms with Gasteiger partial charge in [0.25, 0.3) is 0 Å². The maximum absolute atomic E-state index is 13.6. The average Bonchev–Trinajstić information content (AvgIpc) is 3.11. The largest absolute Gasteiger partial charge is 0.384 e. The molecule has 0 heterocycles. The number of Topliss-reactive ketones (excluding diaryl/α,β-unsaturated/α-hetero) is 1. The predicted molar refractivity (Wildman–Crippen MR) is 126 cm³/mol. The van der Waals surface area contributed by atoms with Gasteiger partial charge in [0.2, 0.25) is 0 Å². The summed E-state index contributed by atoms with van der Waals surface area (Å²) in [7, 11) is 1.92. The summed E-state index contributed by atoms with van der Waals surface area (Å²) in [6.45, 7) is 8.00. The van der Waals surface area contributed by atoms with Crippen molar-refractivity contribution >= 4 is 5.78 Å². The second-order valence-corrected chi connectivity index (χ2v) is 12.1. The first-order valence-corrected chi connectivity index (χ1v) is 13.0.